The summed E-state index contributed by atoms with van der Waals surface area (Å²) in [7, 11) is 0. The van der Waals surface area contributed by atoms with E-state index in [0.717, 1.165) is 17.7 Å². The van der Waals surface area contributed by atoms with Gasteiger partial charge in [0.05, 0.1) is 24.1 Å². The normalized spacial score (nSPS) is 11.1. The highest BCUT2D eigenvalue weighted by molar-refractivity contribution is 7.99. The molecule has 0 saturated heterocycles. The number of para-hydroxylation sites is 1. The number of furan rings is 1. The monoisotopic (exact) mass is 425 g/mol. The lowest BCUT2D eigenvalue weighted by molar-refractivity contribution is -0.113. The van der Waals surface area contributed by atoms with E-state index in [-0.39, 0.29) is 23.8 Å². The van der Waals surface area contributed by atoms with Gasteiger partial charge < -0.3 is 9.73 Å². The number of thiophene rings is 1. The first-order valence-corrected chi connectivity index (χ1v) is 11.0. The van der Waals surface area contributed by atoms with Gasteiger partial charge in [0.15, 0.2) is 5.16 Å². The maximum atomic E-state index is 12.9. The Morgan fingerprint density at radius 3 is 2.90 bits per heavy atom. The Balaban J connectivity index is 1.56. The topological polar surface area (TPSA) is 77.1 Å². The van der Waals surface area contributed by atoms with Crippen LogP contribution in [0.1, 0.15) is 18.2 Å². The van der Waals surface area contributed by atoms with E-state index in [1.54, 1.807) is 16.9 Å². The van der Waals surface area contributed by atoms with Crippen LogP contribution in [0, 0.1) is 0 Å². The molecule has 0 bridgehead atoms. The van der Waals surface area contributed by atoms with Crippen molar-refractivity contribution < 1.29 is 9.21 Å². The van der Waals surface area contributed by atoms with E-state index < -0.39 is 0 Å². The van der Waals surface area contributed by atoms with Crippen LogP contribution in [-0.2, 0) is 17.8 Å². The van der Waals surface area contributed by atoms with Gasteiger partial charge in [0.1, 0.15) is 10.5 Å². The predicted molar refractivity (Wildman–Crippen MR) is 117 cm³/mol. The van der Waals surface area contributed by atoms with Crippen LogP contribution in [0.5, 0.6) is 0 Å². The first-order chi connectivity index (χ1) is 14.2. The van der Waals surface area contributed by atoms with Crippen molar-refractivity contribution in [1.82, 2.24) is 9.55 Å². The van der Waals surface area contributed by atoms with Crippen molar-refractivity contribution >= 4 is 44.9 Å². The van der Waals surface area contributed by atoms with Crippen LogP contribution in [0.25, 0.3) is 10.2 Å². The zero-order valence-electron chi connectivity index (χ0n) is 15.8. The van der Waals surface area contributed by atoms with Crippen molar-refractivity contribution in [3.05, 3.63) is 75.8 Å². The van der Waals surface area contributed by atoms with Crippen molar-refractivity contribution in [1.29, 1.82) is 0 Å². The van der Waals surface area contributed by atoms with E-state index in [1.807, 2.05) is 48.7 Å². The molecule has 0 aliphatic heterocycles. The van der Waals surface area contributed by atoms with Crippen LogP contribution in [0.4, 0.5) is 5.69 Å². The molecule has 0 saturated carbocycles. The molecule has 6 nitrogen and oxygen atoms in total. The van der Waals surface area contributed by atoms with E-state index in [4.69, 9.17) is 4.42 Å². The standard InChI is InChI=1S/C21H19N3O3S2/c1-2-14-6-3-4-8-16(14)22-18(25)13-29-21-23-17-9-11-28-19(17)20(26)24(21)12-15-7-5-10-27-15/h3-11H,2,12-13H2,1H3,(H,22,25). The van der Waals surface area contributed by atoms with Gasteiger partial charge in [0.25, 0.3) is 5.56 Å². The number of carbonyl (C=O) groups is 1. The number of benzene rings is 1. The van der Waals surface area contributed by atoms with E-state index >= 15 is 0 Å². The molecule has 3 aromatic heterocycles. The number of hydrogen-bond acceptors (Lipinski definition) is 6. The molecular weight excluding hydrogens is 406 g/mol. The minimum Gasteiger partial charge on any atom is -0.467 e. The van der Waals surface area contributed by atoms with Crippen LogP contribution < -0.4 is 10.9 Å². The van der Waals surface area contributed by atoms with Gasteiger partial charge in [-0.15, -0.1) is 11.3 Å². The Hall–Kier alpha value is -2.84. The Bertz CT molecular complexity index is 1200. The van der Waals surface area contributed by atoms with E-state index in [1.165, 1.54) is 23.1 Å². The first kappa shape index (κ1) is 19.5. The third-order valence-corrected chi connectivity index (χ3v) is 6.30. The minimum atomic E-state index is -0.139. The molecule has 0 unspecified atom stereocenters. The molecule has 0 radical (unpaired) electrons. The van der Waals surface area contributed by atoms with Crippen molar-refractivity contribution in [3.8, 4) is 0 Å². The molecule has 0 aliphatic carbocycles. The number of amides is 1. The fourth-order valence-electron chi connectivity index (χ4n) is 3.00. The second kappa shape index (κ2) is 8.67. The van der Waals surface area contributed by atoms with E-state index in [9.17, 15) is 9.59 Å². The third-order valence-electron chi connectivity index (χ3n) is 4.43. The van der Waals surface area contributed by atoms with Gasteiger partial charge in [-0.1, -0.05) is 36.9 Å². The SMILES string of the molecule is CCc1ccccc1NC(=O)CSc1nc2ccsc2c(=O)n1Cc1ccco1. The van der Waals surface area contributed by atoms with E-state index in [2.05, 4.69) is 10.3 Å². The number of aryl methyl sites for hydroxylation is 1. The van der Waals surface area contributed by atoms with Crippen LogP contribution in [0.2, 0.25) is 0 Å². The molecule has 0 fully saturated rings. The summed E-state index contributed by atoms with van der Waals surface area (Å²) in [5.74, 6) is 0.672. The van der Waals surface area contributed by atoms with Gasteiger partial charge in [0.2, 0.25) is 5.91 Å². The number of hydrogen-bond donors (Lipinski definition) is 1. The van der Waals surface area contributed by atoms with Crippen LogP contribution in [0.3, 0.4) is 0 Å². The maximum absolute atomic E-state index is 12.9. The summed E-state index contributed by atoms with van der Waals surface area (Å²) in [6.07, 6.45) is 2.41. The van der Waals surface area contributed by atoms with Crippen LogP contribution in [-0.4, -0.2) is 21.2 Å². The third kappa shape index (κ3) is 4.28. The molecule has 3 heterocycles. The molecule has 8 heteroatoms. The number of nitrogens with one attached hydrogen (secondary N) is 1. The zero-order chi connectivity index (χ0) is 20.2. The van der Waals surface area contributed by atoms with Crippen molar-refractivity contribution in [2.75, 3.05) is 11.1 Å². The van der Waals surface area contributed by atoms with Crippen LogP contribution in [0.15, 0.2) is 68.5 Å². The number of nitrogens with zero attached hydrogens (tertiary/aromatic N) is 2. The summed E-state index contributed by atoms with van der Waals surface area (Å²) in [5, 5.41) is 5.29. The van der Waals surface area contributed by atoms with Gasteiger partial charge in [0, 0.05) is 5.69 Å². The highest BCUT2D eigenvalue weighted by Gasteiger charge is 2.16. The largest absolute Gasteiger partial charge is 0.467 e. The molecule has 1 N–H and O–H groups in total. The summed E-state index contributed by atoms with van der Waals surface area (Å²) >= 11 is 2.61. The van der Waals surface area contributed by atoms with Gasteiger partial charge >= 0.3 is 0 Å². The van der Waals surface area contributed by atoms with Crippen molar-refractivity contribution in [2.24, 2.45) is 0 Å². The quantitative estimate of drug-likeness (QED) is 0.351. The molecule has 1 aromatic carbocycles. The maximum Gasteiger partial charge on any atom is 0.272 e. The second-order valence-corrected chi connectivity index (χ2v) is 8.21. The number of fused-ring (bicyclic) bond motifs is 1. The van der Waals surface area contributed by atoms with Crippen molar-refractivity contribution in [3.63, 3.8) is 0 Å². The number of carbonyl (C=O) groups excluding carboxylic acids is 1. The fraction of sp³-hybridized carbons (Fsp3) is 0.190. The lowest BCUT2D eigenvalue weighted by Gasteiger charge is -2.12. The van der Waals surface area contributed by atoms with Gasteiger partial charge in [-0.3, -0.25) is 14.2 Å². The van der Waals surface area contributed by atoms with Crippen molar-refractivity contribution in [2.45, 2.75) is 25.0 Å². The first-order valence-electron chi connectivity index (χ1n) is 9.16. The minimum absolute atomic E-state index is 0.124. The Morgan fingerprint density at radius 1 is 1.24 bits per heavy atom. The molecule has 4 rings (SSSR count). The van der Waals surface area contributed by atoms with Gasteiger partial charge in [-0.25, -0.2) is 4.98 Å². The number of aromatic nitrogens is 2. The van der Waals surface area contributed by atoms with Gasteiger partial charge in [-0.05, 0) is 41.6 Å². The summed E-state index contributed by atoms with van der Waals surface area (Å²) in [6, 6.07) is 13.2. The average Bonchev–Trinajstić information content (AvgIpc) is 3.41. The molecule has 148 valence electrons. The summed E-state index contributed by atoms with van der Waals surface area (Å²) in [4.78, 5) is 30.1. The Kier molecular flexibility index (Phi) is 5.82. The summed E-state index contributed by atoms with van der Waals surface area (Å²) in [5.41, 5.74) is 2.42. The molecule has 0 spiro atoms. The fourth-order valence-corrected chi connectivity index (χ4v) is 4.58. The Labute approximate surface area is 175 Å². The smallest absolute Gasteiger partial charge is 0.272 e. The highest BCUT2D eigenvalue weighted by atomic mass is 32.2. The molecular formula is C21H19N3O3S2. The lowest BCUT2D eigenvalue weighted by Crippen LogP contribution is -2.24. The number of rotatable bonds is 7. The predicted octanol–water partition coefficient (Wildman–Crippen LogP) is 4.39. The molecule has 0 aliphatic rings. The van der Waals surface area contributed by atoms with Gasteiger partial charge in [-0.2, -0.15) is 0 Å². The second-order valence-electron chi connectivity index (χ2n) is 6.35. The lowest BCUT2D eigenvalue weighted by atomic mass is 10.1. The average molecular weight is 426 g/mol. The zero-order valence-corrected chi connectivity index (χ0v) is 17.4. The summed E-state index contributed by atoms with van der Waals surface area (Å²) < 4.78 is 7.56. The Morgan fingerprint density at radius 2 is 2.10 bits per heavy atom. The number of thioether (sulfide) groups is 1. The van der Waals surface area contributed by atoms with E-state index in [0.29, 0.717) is 21.1 Å². The molecule has 1 amide bonds. The highest BCUT2D eigenvalue weighted by Crippen LogP contribution is 2.22. The molecule has 0 atom stereocenters. The molecule has 29 heavy (non-hydrogen) atoms. The number of anilines is 1. The van der Waals surface area contributed by atoms with Crippen LogP contribution >= 0.6 is 23.1 Å². The summed E-state index contributed by atoms with van der Waals surface area (Å²) in [6.45, 7) is 2.32. The molecule has 4 aromatic rings.